The summed E-state index contributed by atoms with van der Waals surface area (Å²) in [6, 6.07) is 9.34. The highest BCUT2D eigenvalue weighted by atomic mass is 16.1. The summed E-state index contributed by atoms with van der Waals surface area (Å²) < 4.78 is 0. The molecule has 0 atom stereocenters. The quantitative estimate of drug-likeness (QED) is 0.769. The van der Waals surface area contributed by atoms with E-state index in [1.807, 2.05) is 30.3 Å². The van der Waals surface area contributed by atoms with E-state index in [1.54, 1.807) is 0 Å². The number of carbonyl (C=O) groups is 1. The maximum absolute atomic E-state index is 11.6. The van der Waals surface area contributed by atoms with Gasteiger partial charge < -0.3 is 10.6 Å². The Labute approximate surface area is 89.9 Å². The van der Waals surface area contributed by atoms with Crippen LogP contribution in [0.5, 0.6) is 0 Å². The maximum Gasteiger partial charge on any atom is 0.251 e. The van der Waals surface area contributed by atoms with Gasteiger partial charge in [0.25, 0.3) is 5.91 Å². The first kappa shape index (κ1) is 10.2. The van der Waals surface area contributed by atoms with E-state index in [0.717, 1.165) is 37.5 Å². The summed E-state index contributed by atoms with van der Waals surface area (Å²) in [7, 11) is 0. The first-order chi connectivity index (χ1) is 7.36. The van der Waals surface area contributed by atoms with Gasteiger partial charge in [-0.25, -0.2) is 0 Å². The SMILES string of the molecule is O=C(NCCC1CNC1)c1ccccc1. The van der Waals surface area contributed by atoms with Crippen LogP contribution in [0.3, 0.4) is 0 Å². The number of nitrogens with one attached hydrogen (secondary N) is 2. The Morgan fingerprint density at radius 2 is 2.07 bits per heavy atom. The summed E-state index contributed by atoms with van der Waals surface area (Å²) in [5.41, 5.74) is 0.740. The summed E-state index contributed by atoms with van der Waals surface area (Å²) in [5, 5.41) is 6.15. The van der Waals surface area contributed by atoms with E-state index in [2.05, 4.69) is 10.6 Å². The second-order valence-electron chi connectivity index (χ2n) is 3.93. The fourth-order valence-electron chi connectivity index (χ4n) is 1.63. The van der Waals surface area contributed by atoms with Gasteiger partial charge in [0.05, 0.1) is 0 Å². The van der Waals surface area contributed by atoms with Crippen LogP contribution in [0.25, 0.3) is 0 Å². The molecule has 1 saturated heterocycles. The third-order valence-electron chi connectivity index (χ3n) is 2.74. The molecule has 1 fully saturated rings. The fraction of sp³-hybridized carbons (Fsp3) is 0.417. The molecule has 3 nitrogen and oxygen atoms in total. The molecule has 1 aromatic carbocycles. The zero-order valence-corrected chi connectivity index (χ0v) is 8.70. The molecule has 1 aliphatic rings. The summed E-state index contributed by atoms with van der Waals surface area (Å²) in [6.07, 6.45) is 1.07. The molecule has 15 heavy (non-hydrogen) atoms. The van der Waals surface area contributed by atoms with Gasteiger partial charge in [-0.2, -0.15) is 0 Å². The molecule has 0 unspecified atom stereocenters. The van der Waals surface area contributed by atoms with Crippen LogP contribution in [-0.2, 0) is 0 Å². The summed E-state index contributed by atoms with van der Waals surface area (Å²) in [5.74, 6) is 0.781. The van der Waals surface area contributed by atoms with Gasteiger partial charge in [-0.3, -0.25) is 4.79 Å². The van der Waals surface area contributed by atoms with Gasteiger partial charge >= 0.3 is 0 Å². The predicted molar refractivity (Wildman–Crippen MR) is 59.8 cm³/mol. The van der Waals surface area contributed by atoms with Crippen molar-refractivity contribution in [1.82, 2.24) is 10.6 Å². The van der Waals surface area contributed by atoms with Crippen molar-refractivity contribution in [2.45, 2.75) is 6.42 Å². The largest absolute Gasteiger partial charge is 0.352 e. The van der Waals surface area contributed by atoms with E-state index in [0.29, 0.717) is 0 Å². The topological polar surface area (TPSA) is 41.1 Å². The molecule has 0 radical (unpaired) electrons. The normalized spacial score (nSPS) is 15.7. The lowest BCUT2D eigenvalue weighted by Crippen LogP contribution is -2.43. The number of hydrogen-bond acceptors (Lipinski definition) is 2. The Morgan fingerprint density at radius 1 is 1.33 bits per heavy atom. The highest BCUT2D eigenvalue weighted by Gasteiger charge is 2.16. The van der Waals surface area contributed by atoms with E-state index in [-0.39, 0.29) is 5.91 Å². The number of amides is 1. The van der Waals surface area contributed by atoms with Crippen molar-refractivity contribution in [3.63, 3.8) is 0 Å². The zero-order valence-electron chi connectivity index (χ0n) is 8.70. The van der Waals surface area contributed by atoms with Crippen molar-refractivity contribution in [3.05, 3.63) is 35.9 Å². The average molecular weight is 204 g/mol. The van der Waals surface area contributed by atoms with Crippen molar-refractivity contribution < 1.29 is 4.79 Å². The van der Waals surface area contributed by atoms with E-state index in [4.69, 9.17) is 0 Å². The van der Waals surface area contributed by atoms with Crippen LogP contribution in [0.2, 0.25) is 0 Å². The third kappa shape index (κ3) is 2.80. The molecule has 1 amide bonds. The molecule has 2 rings (SSSR count). The standard InChI is InChI=1S/C12H16N2O/c15-12(11-4-2-1-3-5-11)14-7-6-10-8-13-9-10/h1-5,10,13H,6-9H2,(H,14,15). The van der Waals surface area contributed by atoms with E-state index < -0.39 is 0 Å². The second kappa shape index (κ2) is 4.94. The lowest BCUT2D eigenvalue weighted by Gasteiger charge is -2.26. The molecular formula is C12H16N2O. The molecular weight excluding hydrogens is 188 g/mol. The predicted octanol–water partition coefficient (Wildman–Crippen LogP) is 1.03. The Kier molecular flexibility index (Phi) is 3.35. The van der Waals surface area contributed by atoms with Crippen LogP contribution in [0.15, 0.2) is 30.3 Å². The molecule has 80 valence electrons. The molecule has 1 aromatic rings. The van der Waals surface area contributed by atoms with Gasteiger partial charge in [0.1, 0.15) is 0 Å². The van der Waals surface area contributed by atoms with Gasteiger partial charge in [-0.15, -0.1) is 0 Å². The highest BCUT2D eigenvalue weighted by Crippen LogP contribution is 2.06. The van der Waals surface area contributed by atoms with Crippen LogP contribution in [0, 0.1) is 5.92 Å². The van der Waals surface area contributed by atoms with Gasteiger partial charge in [-0.05, 0) is 37.6 Å². The third-order valence-corrected chi connectivity index (χ3v) is 2.74. The lowest BCUT2D eigenvalue weighted by molar-refractivity contribution is 0.0950. The van der Waals surface area contributed by atoms with Crippen LogP contribution in [-0.4, -0.2) is 25.5 Å². The molecule has 0 aliphatic carbocycles. The zero-order chi connectivity index (χ0) is 10.5. The molecule has 1 aliphatic heterocycles. The van der Waals surface area contributed by atoms with Gasteiger partial charge in [-0.1, -0.05) is 18.2 Å². The molecule has 0 bridgehead atoms. The maximum atomic E-state index is 11.6. The minimum absolute atomic E-state index is 0.0304. The number of benzene rings is 1. The molecule has 1 heterocycles. The number of hydrogen-bond donors (Lipinski definition) is 2. The van der Waals surface area contributed by atoms with Crippen LogP contribution in [0.4, 0.5) is 0 Å². The highest BCUT2D eigenvalue weighted by molar-refractivity contribution is 5.94. The van der Waals surface area contributed by atoms with Crippen molar-refractivity contribution in [2.75, 3.05) is 19.6 Å². The fourth-order valence-corrected chi connectivity index (χ4v) is 1.63. The first-order valence-corrected chi connectivity index (χ1v) is 5.40. The molecule has 0 aromatic heterocycles. The van der Waals surface area contributed by atoms with E-state index in [1.165, 1.54) is 0 Å². The van der Waals surface area contributed by atoms with Gasteiger partial charge in [0.2, 0.25) is 0 Å². The van der Waals surface area contributed by atoms with E-state index >= 15 is 0 Å². The summed E-state index contributed by atoms with van der Waals surface area (Å²) >= 11 is 0. The lowest BCUT2D eigenvalue weighted by atomic mass is 9.99. The number of carbonyl (C=O) groups excluding carboxylic acids is 1. The summed E-state index contributed by atoms with van der Waals surface area (Å²) in [4.78, 5) is 11.6. The van der Waals surface area contributed by atoms with Crippen molar-refractivity contribution in [3.8, 4) is 0 Å². The second-order valence-corrected chi connectivity index (χ2v) is 3.93. The number of rotatable bonds is 4. The average Bonchev–Trinajstić information content (AvgIpc) is 2.23. The van der Waals surface area contributed by atoms with Crippen molar-refractivity contribution in [2.24, 2.45) is 5.92 Å². The van der Waals surface area contributed by atoms with Gasteiger partial charge in [0.15, 0.2) is 0 Å². The Morgan fingerprint density at radius 3 is 2.67 bits per heavy atom. The minimum Gasteiger partial charge on any atom is -0.352 e. The van der Waals surface area contributed by atoms with Crippen molar-refractivity contribution in [1.29, 1.82) is 0 Å². The Hall–Kier alpha value is -1.35. The molecule has 0 saturated carbocycles. The summed E-state index contributed by atoms with van der Waals surface area (Å²) in [6.45, 7) is 2.97. The monoisotopic (exact) mass is 204 g/mol. The molecule has 2 N–H and O–H groups in total. The van der Waals surface area contributed by atoms with E-state index in [9.17, 15) is 4.79 Å². The Bertz CT molecular complexity index is 320. The molecule has 3 heteroatoms. The minimum atomic E-state index is 0.0304. The smallest absolute Gasteiger partial charge is 0.251 e. The van der Waals surface area contributed by atoms with Crippen LogP contribution >= 0.6 is 0 Å². The van der Waals surface area contributed by atoms with Gasteiger partial charge in [0, 0.05) is 12.1 Å². The van der Waals surface area contributed by atoms with Crippen molar-refractivity contribution >= 4 is 5.91 Å². The Balaban J connectivity index is 1.72. The van der Waals surface area contributed by atoms with Crippen LogP contribution in [0.1, 0.15) is 16.8 Å². The first-order valence-electron chi connectivity index (χ1n) is 5.40. The molecule has 0 spiro atoms. The van der Waals surface area contributed by atoms with Crippen LogP contribution < -0.4 is 10.6 Å².